The van der Waals surface area contributed by atoms with Gasteiger partial charge in [-0.25, -0.2) is 0 Å². The SMILES string of the molecule is CCNC(CCO)c1ccc(COC)cc1. The molecule has 0 aliphatic rings. The van der Waals surface area contributed by atoms with Crippen molar-refractivity contribution in [3.8, 4) is 0 Å². The van der Waals surface area contributed by atoms with Crippen LogP contribution in [0.1, 0.15) is 30.5 Å². The number of ether oxygens (including phenoxy) is 1. The molecular formula is C13H21NO2. The van der Waals surface area contributed by atoms with Crippen molar-refractivity contribution in [3.63, 3.8) is 0 Å². The van der Waals surface area contributed by atoms with Gasteiger partial charge in [-0.15, -0.1) is 0 Å². The fourth-order valence-corrected chi connectivity index (χ4v) is 1.77. The Balaban J connectivity index is 2.68. The minimum atomic E-state index is 0.206. The lowest BCUT2D eigenvalue weighted by molar-refractivity contribution is 0.185. The zero-order chi connectivity index (χ0) is 11.8. The highest BCUT2D eigenvalue weighted by Gasteiger charge is 2.08. The van der Waals surface area contributed by atoms with E-state index in [0.717, 1.165) is 13.0 Å². The second-order valence-electron chi connectivity index (χ2n) is 3.80. The lowest BCUT2D eigenvalue weighted by atomic mass is 10.0. The lowest BCUT2D eigenvalue weighted by Crippen LogP contribution is -2.21. The number of hydrogen-bond donors (Lipinski definition) is 2. The molecule has 0 aliphatic carbocycles. The maximum Gasteiger partial charge on any atom is 0.0713 e. The molecule has 0 fully saturated rings. The van der Waals surface area contributed by atoms with E-state index in [1.54, 1.807) is 7.11 Å². The van der Waals surface area contributed by atoms with Crippen LogP contribution in [-0.4, -0.2) is 25.4 Å². The van der Waals surface area contributed by atoms with E-state index >= 15 is 0 Å². The van der Waals surface area contributed by atoms with Gasteiger partial charge < -0.3 is 15.2 Å². The summed E-state index contributed by atoms with van der Waals surface area (Å²) in [5.74, 6) is 0. The zero-order valence-electron chi connectivity index (χ0n) is 10.1. The van der Waals surface area contributed by atoms with Crippen molar-refractivity contribution in [3.05, 3.63) is 35.4 Å². The van der Waals surface area contributed by atoms with Crippen LogP contribution in [-0.2, 0) is 11.3 Å². The zero-order valence-corrected chi connectivity index (χ0v) is 10.1. The maximum atomic E-state index is 9.00. The number of benzene rings is 1. The molecule has 0 saturated heterocycles. The van der Waals surface area contributed by atoms with E-state index in [2.05, 4.69) is 36.5 Å². The van der Waals surface area contributed by atoms with Crippen molar-refractivity contribution < 1.29 is 9.84 Å². The van der Waals surface area contributed by atoms with E-state index in [1.165, 1.54) is 11.1 Å². The smallest absolute Gasteiger partial charge is 0.0713 e. The van der Waals surface area contributed by atoms with Crippen LogP contribution in [0.4, 0.5) is 0 Å². The quantitative estimate of drug-likeness (QED) is 0.741. The summed E-state index contributed by atoms with van der Waals surface area (Å²) in [6.07, 6.45) is 0.747. The van der Waals surface area contributed by atoms with Crippen LogP contribution >= 0.6 is 0 Å². The highest BCUT2D eigenvalue weighted by Crippen LogP contribution is 2.17. The van der Waals surface area contributed by atoms with Gasteiger partial charge in [0.25, 0.3) is 0 Å². The van der Waals surface area contributed by atoms with Gasteiger partial charge in [-0.05, 0) is 24.1 Å². The first-order chi connectivity index (χ1) is 7.81. The fraction of sp³-hybridized carbons (Fsp3) is 0.538. The van der Waals surface area contributed by atoms with E-state index in [-0.39, 0.29) is 12.6 Å². The molecule has 1 aromatic rings. The molecule has 1 rings (SSSR count). The summed E-state index contributed by atoms with van der Waals surface area (Å²) in [5.41, 5.74) is 2.39. The number of rotatable bonds is 7. The molecule has 0 spiro atoms. The summed E-state index contributed by atoms with van der Waals surface area (Å²) in [6, 6.07) is 8.57. The Morgan fingerprint density at radius 2 is 2.00 bits per heavy atom. The largest absolute Gasteiger partial charge is 0.396 e. The van der Waals surface area contributed by atoms with Crippen LogP contribution in [0.5, 0.6) is 0 Å². The number of hydrogen-bond acceptors (Lipinski definition) is 3. The molecule has 1 unspecified atom stereocenters. The van der Waals surface area contributed by atoms with Gasteiger partial charge in [-0.3, -0.25) is 0 Å². The Morgan fingerprint density at radius 3 is 2.50 bits per heavy atom. The van der Waals surface area contributed by atoms with Gasteiger partial charge in [0.2, 0.25) is 0 Å². The van der Waals surface area contributed by atoms with Crippen molar-refractivity contribution in [2.75, 3.05) is 20.3 Å². The fourth-order valence-electron chi connectivity index (χ4n) is 1.77. The van der Waals surface area contributed by atoms with Crippen molar-refractivity contribution in [2.24, 2.45) is 0 Å². The van der Waals surface area contributed by atoms with Crippen LogP contribution in [0.2, 0.25) is 0 Å². The van der Waals surface area contributed by atoms with Crippen molar-refractivity contribution in [1.29, 1.82) is 0 Å². The Morgan fingerprint density at radius 1 is 1.31 bits per heavy atom. The Labute approximate surface area is 97.4 Å². The van der Waals surface area contributed by atoms with Gasteiger partial charge in [0.1, 0.15) is 0 Å². The first kappa shape index (κ1) is 13.2. The first-order valence-electron chi connectivity index (χ1n) is 5.73. The molecule has 1 atom stereocenters. The summed E-state index contributed by atoms with van der Waals surface area (Å²) in [4.78, 5) is 0. The summed E-state index contributed by atoms with van der Waals surface area (Å²) in [5, 5.41) is 12.4. The predicted molar refractivity (Wildman–Crippen MR) is 65.3 cm³/mol. The number of aliphatic hydroxyl groups is 1. The molecule has 0 amide bonds. The van der Waals surface area contributed by atoms with E-state index in [9.17, 15) is 0 Å². The standard InChI is InChI=1S/C13H21NO2/c1-3-14-13(8-9-15)12-6-4-11(5-7-12)10-16-2/h4-7,13-15H,3,8-10H2,1-2H3. The molecule has 3 nitrogen and oxygen atoms in total. The van der Waals surface area contributed by atoms with Gasteiger partial charge in [-0.1, -0.05) is 31.2 Å². The topological polar surface area (TPSA) is 41.5 Å². The summed E-state index contributed by atoms with van der Waals surface area (Å²) < 4.78 is 5.07. The van der Waals surface area contributed by atoms with Crippen LogP contribution < -0.4 is 5.32 Å². The Hall–Kier alpha value is -0.900. The van der Waals surface area contributed by atoms with E-state index in [0.29, 0.717) is 6.61 Å². The van der Waals surface area contributed by atoms with Gasteiger partial charge >= 0.3 is 0 Å². The Bertz CT molecular complexity index is 278. The van der Waals surface area contributed by atoms with Gasteiger partial charge in [0, 0.05) is 19.8 Å². The average molecular weight is 223 g/mol. The lowest BCUT2D eigenvalue weighted by Gasteiger charge is -2.17. The second-order valence-corrected chi connectivity index (χ2v) is 3.80. The van der Waals surface area contributed by atoms with E-state index < -0.39 is 0 Å². The summed E-state index contributed by atoms with van der Waals surface area (Å²) in [6.45, 7) is 3.83. The van der Waals surface area contributed by atoms with Gasteiger partial charge in [0.15, 0.2) is 0 Å². The van der Waals surface area contributed by atoms with Crippen LogP contribution in [0.15, 0.2) is 24.3 Å². The monoisotopic (exact) mass is 223 g/mol. The van der Waals surface area contributed by atoms with Gasteiger partial charge in [0.05, 0.1) is 6.61 Å². The summed E-state index contributed by atoms with van der Waals surface area (Å²) >= 11 is 0. The first-order valence-corrected chi connectivity index (χ1v) is 5.73. The third-order valence-corrected chi connectivity index (χ3v) is 2.56. The predicted octanol–water partition coefficient (Wildman–Crippen LogP) is 1.87. The van der Waals surface area contributed by atoms with Crippen LogP contribution in [0.3, 0.4) is 0 Å². The second kappa shape index (κ2) is 7.39. The minimum absolute atomic E-state index is 0.206. The average Bonchev–Trinajstić information content (AvgIpc) is 2.30. The molecule has 0 heterocycles. The third kappa shape index (κ3) is 3.93. The van der Waals surface area contributed by atoms with Crippen LogP contribution in [0, 0.1) is 0 Å². The van der Waals surface area contributed by atoms with E-state index in [4.69, 9.17) is 9.84 Å². The minimum Gasteiger partial charge on any atom is -0.396 e. The van der Waals surface area contributed by atoms with Crippen molar-refractivity contribution in [2.45, 2.75) is 26.0 Å². The van der Waals surface area contributed by atoms with E-state index in [1.807, 2.05) is 0 Å². The molecule has 0 aromatic heterocycles. The third-order valence-electron chi connectivity index (χ3n) is 2.56. The van der Waals surface area contributed by atoms with Crippen LogP contribution in [0.25, 0.3) is 0 Å². The number of aliphatic hydroxyl groups excluding tert-OH is 1. The molecule has 16 heavy (non-hydrogen) atoms. The summed E-state index contributed by atoms with van der Waals surface area (Å²) in [7, 11) is 1.70. The molecule has 0 bridgehead atoms. The van der Waals surface area contributed by atoms with Crippen molar-refractivity contribution >= 4 is 0 Å². The number of methoxy groups -OCH3 is 1. The highest BCUT2D eigenvalue weighted by molar-refractivity contribution is 5.24. The molecular weight excluding hydrogens is 202 g/mol. The van der Waals surface area contributed by atoms with Gasteiger partial charge in [-0.2, -0.15) is 0 Å². The highest BCUT2D eigenvalue weighted by atomic mass is 16.5. The molecule has 1 aromatic carbocycles. The Kier molecular flexibility index (Phi) is 6.08. The molecule has 0 radical (unpaired) electrons. The molecule has 0 saturated carbocycles. The molecule has 90 valence electrons. The molecule has 2 N–H and O–H groups in total. The number of nitrogens with one attached hydrogen (secondary N) is 1. The normalized spacial score (nSPS) is 12.7. The maximum absolute atomic E-state index is 9.00. The van der Waals surface area contributed by atoms with Crippen molar-refractivity contribution in [1.82, 2.24) is 5.32 Å². The molecule has 3 heteroatoms. The molecule has 0 aliphatic heterocycles.